The van der Waals surface area contributed by atoms with E-state index >= 15 is 0 Å². The molecule has 17 heavy (non-hydrogen) atoms. The number of hydrogen-bond donors (Lipinski definition) is 0. The van der Waals surface area contributed by atoms with Crippen LogP contribution in [-0.4, -0.2) is 10.7 Å². The van der Waals surface area contributed by atoms with Crippen molar-refractivity contribution in [3.63, 3.8) is 0 Å². The van der Waals surface area contributed by atoms with Crippen molar-refractivity contribution >= 4 is 23.1 Å². The molecule has 0 bridgehead atoms. The van der Waals surface area contributed by atoms with Crippen LogP contribution in [-0.2, 0) is 12.8 Å². The molecular formula is C14H15NS2. The molecule has 1 aliphatic heterocycles. The Morgan fingerprint density at radius 3 is 3.12 bits per heavy atom. The summed E-state index contributed by atoms with van der Waals surface area (Å²) >= 11 is 3.75. The highest BCUT2D eigenvalue weighted by Crippen LogP contribution is 2.33. The number of aryl methyl sites for hydroxylation is 2. The molecule has 88 valence electrons. The van der Waals surface area contributed by atoms with Crippen LogP contribution in [0.25, 0.3) is 11.3 Å². The average molecular weight is 261 g/mol. The summed E-state index contributed by atoms with van der Waals surface area (Å²) in [6.07, 6.45) is 3.56. The predicted molar refractivity (Wildman–Crippen MR) is 76.0 cm³/mol. The van der Waals surface area contributed by atoms with Crippen LogP contribution in [0.2, 0.25) is 0 Å². The first-order valence-electron chi connectivity index (χ1n) is 6.07. The highest BCUT2D eigenvalue weighted by molar-refractivity contribution is 7.99. The third-order valence-corrected chi connectivity index (χ3v) is 5.25. The van der Waals surface area contributed by atoms with Crippen molar-refractivity contribution in [3.8, 4) is 11.3 Å². The van der Waals surface area contributed by atoms with Gasteiger partial charge in [0.1, 0.15) is 0 Å². The number of benzene rings is 1. The van der Waals surface area contributed by atoms with Gasteiger partial charge in [0.25, 0.3) is 0 Å². The van der Waals surface area contributed by atoms with Gasteiger partial charge in [-0.25, -0.2) is 4.98 Å². The second-order valence-corrected chi connectivity index (χ2v) is 6.33. The van der Waals surface area contributed by atoms with Crippen LogP contribution in [0.15, 0.2) is 28.5 Å². The molecule has 0 aliphatic carbocycles. The predicted octanol–water partition coefficient (Wildman–Crippen LogP) is 4.41. The Hall–Kier alpha value is -0.800. The lowest BCUT2D eigenvalue weighted by molar-refractivity contribution is 0.890. The fourth-order valence-corrected chi connectivity index (χ4v) is 3.90. The standard InChI is InChI=1S/C14H15NS2/c1-2-14-15-12(9-17-14)10-5-6-13-11(8-10)4-3-7-16-13/h5-6,8-9H,2-4,7H2,1H3. The summed E-state index contributed by atoms with van der Waals surface area (Å²) in [5, 5.41) is 3.41. The normalized spacial score (nSPS) is 14.6. The van der Waals surface area contributed by atoms with Gasteiger partial charge in [-0.15, -0.1) is 23.1 Å². The van der Waals surface area contributed by atoms with Crippen molar-refractivity contribution in [3.05, 3.63) is 34.2 Å². The average Bonchev–Trinajstić information content (AvgIpc) is 2.87. The molecule has 1 aromatic carbocycles. The smallest absolute Gasteiger partial charge is 0.0929 e. The Balaban J connectivity index is 1.97. The summed E-state index contributed by atoms with van der Waals surface area (Å²) in [5.74, 6) is 1.27. The van der Waals surface area contributed by atoms with Gasteiger partial charge in [-0.2, -0.15) is 0 Å². The van der Waals surface area contributed by atoms with E-state index in [9.17, 15) is 0 Å². The van der Waals surface area contributed by atoms with Gasteiger partial charge in [0.15, 0.2) is 0 Å². The molecular weight excluding hydrogens is 246 g/mol. The van der Waals surface area contributed by atoms with E-state index in [1.807, 2.05) is 11.8 Å². The van der Waals surface area contributed by atoms with Crippen molar-refractivity contribution in [1.82, 2.24) is 4.98 Å². The zero-order chi connectivity index (χ0) is 11.7. The van der Waals surface area contributed by atoms with Crippen molar-refractivity contribution in [1.29, 1.82) is 0 Å². The van der Waals surface area contributed by atoms with Crippen molar-refractivity contribution in [2.45, 2.75) is 31.1 Å². The second-order valence-electron chi connectivity index (χ2n) is 4.25. The molecule has 0 spiro atoms. The first-order chi connectivity index (χ1) is 8.36. The van der Waals surface area contributed by atoms with Crippen molar-refractivity contribution in [2.75, 3.05) is 5.75 Å². The number of fused-ring (bicyclic) bond motifs is 1. The summed E-state index contributed by atoms with van der Waals surface area (Å²) < 4.78 is 0. The van der Waals surface area contributed by atoms with Crippen LogP contribution in [0.4, 0.5) is 0 Å². The SMILES string of the molecule is CCc1nc(-c2ccc3c(c2)CCCS3)cs1. The Kier molecular flexibility index (Phi) is 3.21. The van der Waals surface area contributed by atoms with E-state index in [4.69, 9.17) is 0 Å². The summed E-state index contributed by atoms with van der Waals surface area (Å²) in [5.41, 5.74) is 3.93. The van der Waals surface area contributed by atoms with E-state index in [0.717, 1.165) is 12.1 Å². The maximum atomic E-state index is 4.66. The maximum absolute atomic E-state index is 4.66. The second kappa shape index (κ2) is 4.83. The van der Waals surface area contributed by atoms with E-state index < -0.39 is 0 Å². The van der Waals surface area contributed by atoms with E-state index in [2.05, 4.69) is 35.5 Å². The Bertz CT molecular complexity index is 531. The molecule has 1 nitrogen and oxygen atoms in total. The highest BCUT2D eigenvalue weighted by atomic mass is 32.2. The molecule has 2 heterocycles. The minimum atomic E-state index is 1.03. The molecule has 0 saturated carbocycles. The number of thiazole rings is 1. The van der Waals surface area contributed by atoms with Gasteiger partial charge in [-0.3, -0.25) is 0 Å². The lowest BCUT2D eigenvalue weighted by Crippen LogP contribution is -1.98. The van der Waals surface area contributed by atoms with E-state index in [1.165, 1.54) is 39.6 Å². The summed E-state index contributed by atoms with van der Waals surface area (Å²) in [6.45, 7) is 2.16. The largest absolute Gasteiger partial charge is 0.241 e. The van der Waals surface area contributed by atoms with Gasteiger partial charge in [-0.05, 0) is 42.7 Å². The molecule has 0 unspecified atom stereocenters. The Labute approximate surface area is 110 Å². The van der Waals surface area contributed by atoms with E-state index in [1.54, 1.807) is 11.3 Å². The molecule has 0 saturated heterocycles. The molecule has 2 aromatic rings. The molecule has 0 atom stereocenters. The number of thioether (sulfide) groups is 1. The molecule has 0 radical (unpaired) electrons. The lowest BCUT2D eigenvalue weighted by Gasteiger charge is -2.15. The number of aromatic nitrogens is 1. The summed E-state index contributed by atoms with van der Waals surface area (Å²) in [4.78, 5) is 6.12. The van der Waals surface area contributed by atoms with E-state index in [0.29, 0.717) is 0 Å². The third kappa shape index (κ3) is 2.26. The molecule has 1 aliphatic rings. The molecule has 3 rings (SSSR count). The van der Waals surface area contributed by atoms with Crippen LogP contribution in [0.3, 0.4) is 0 Å². The van der Waals surface area contributed by atoms with Gasteiger partial charge in [0, 0.05) is 15.8 Å². The molecule has 3 heteroatoms. The van der Waals surface area contributed by atoms with Crippen LogP contribution < -0.4 is 0 Å². The highest BCUT2D eigenvalue weighted by Gasteiger charge is 2.11. The number of hydrogen-bond acceptors (Lipinski definition) is 3. The zero-order valence-corrected chi connectivity index (χ0v) is 11.5. The Morgan fingerprint density at radius 2 is 2.29 bits per heavy atom. The minimum absolute atomic E-state index is 1.03. The number of rotatable bonds is 2. The first kappa shape index (κ1) is 11.3. The van der Waals surface area contributed by atoms with Gasteiger partial charge in [0.2, 0.25) is 0 Å². The molecule has 0 fully saturated rings. The van der Waals surface area contributed by atoms with Gasteiger partial charge in [0.05, 0.1) is 10.7 Å². The minimum Gasteiger partial charge on any atom is -0.241 e. The first-order valence-corrected chi connectivity index (χ1v) is 7.94. The summed E-state index contributed by atoms with van der Waals surface area (Å²) in [7, 11) is 0. The topological polar surface area (TPSA) is 12.9 Å². The Morgan fingerprint density at radius 1 is 1.35 bits per heavy atom. The fraction of sp³-hybridized carbons (Fsp3) is 0.357. The quantitative estimate of drug-likeness (QED) is 0.794. The third-order valence-electron chi connectivity index (χ3n) is 3.06. The van der Waals surface area contributed by atoms with Crippen molar-refractivity contribution in [2.24, 2.45) is 0 Å². The van der Waals surface area contributed by atoms with Gasteiger partial charge >= 0.3 is 0 Å². The zero-order valence-electron chi connectivity index (χ0n) is 9.90. The van der Waals surface area contributed by atoms with Crippen LogP contribution in [0.5, 0.6) is 0 Å². The van der Waals surface area contributed by atoms with Crippen LogP contribution >= 0.6 is 23.1 Å². The van der Waals surface area contributed by atoms with Gasteiger partial charge < -0.3 is 0 Å². The monoisotopic (exact) mass is 261 g/mol. The molecule has 1 aromatic heterocycles. The van der Waals surface area contributed by atoms with Crippen molar-refractivity contribution < 1.29 is 0 Å². The molecule has 0 amide bonds. The van der Waals surface area contributed by atoms with Crippen LogP contribution in [0, 0.1) is 0 Å². The maximum Gasteiger partial charge on any atom is 0.0929 e. The van der Waals surface area contributed by atoms with Crippen LogP contribution in [0.1, 0.15) is 23.9 Å². The van der Waals surface area contributed by atoms with Gasteiger partial charge in [-0.1, -0.05) is 13.0 Å². The summed E-state index contributed by atoms with van der Waals surface area (Å²) in [6, 6.07) is 6.81. The fourth-order valence-electron chi connectivity index (χ4n) is 2.13. The van der Waals surface area contributed by atoms with E-state index in [-0.39, 0.29) is 0 Å². The lowest BCUT2D eigenvalue weighted by atomic mass is 10.0. The molecule has 0 N–H and O–H groups in total. The number of nitrogens with zero attached hydrogens (tertiary/aromatic N) is 1.